The molecule has 0 bridgehead atoms. The van der Waals surface area contributed by atoms with Crippen LogP contribution in [0, 0.1) is 0 Å². The number of carboxylic acids is 1. The Balaban J connectivity index is 2.11. The van der Waals surface area contributed by atoms with Gasteiger partial charge in [0.15, 0.2) is 0 Å². The molecule has 1 unspecified atom stereocenters. The van der Waals surface area contributed by atoms with Gasteiger partial charge in [-0.05, 0) is 19.9 Å². The normalized spacial score (nSPS) is 20.2. The second kappa shape index (κ2) is 6.19. The van der Waals surface area contributed by atoms with Crippen LogP contribution in [0.4, 0.5) is 0 Å². The van der Waals surface area contributed by atoms with Crippen LogP contribution in [0.25, 0.3) is 0 Å². The smallest absolute Gasteiger partial charge is 0.337 e. The number of aromatic nitrogens is 1. The van der Waals surface area contributed by atoms with Crippen molar-refractivity contribution in [3.8, 4) is 0 Å². The molecule has 0 saturated carbocycles. The summed E-state index contributed by atoms with van der Waals surface area (Å²) in [5.41, 5.74) is -0.0959. The van der Waals surface area contributed by atoms with Crippen LogP contribution in [0.2, 0.25) is 0 Å². The molecule has 1 saturated heterocycles. The van der Waals surface area contributed by atoms with Crippen molar-refractivity contribution in [3.63, 3.8) is 0 Å². The molecule has 6 heteroatoms. The van der Waals surface area contributed by atoms with Crippen LogP contribution in [-0.4, -0.2) is 52.4 Å². The van der Waals surface area contributed by atoms with E-state index in [4.69, 9.17) is 9.84 Å². The molecule has 0 aromatic carbocycles. The molecule has 0 amide bonds. The lowest BCUT2D eigenvalue weighted by molar-refractivity contribution is -0.0460. The molecule has 2 rings (SSSR count). The Kier molecular flexibility index (Phi) is 4.57. The first-order valence-electron chi connectivity index (χ1n) is 6.77. The summed E-state index contributed by atoms with van der Waals surface area (Å²) in [5, 5.41) is 8.97. The van der Waals surface area contributed by atoms with Crippen molar-refractivity contribution >= 4 is 5.97 Å². The van der Waals surface area contributed by atoms with Crippen molar-refractivity contribution in [1.29, 1.82) is 0 Å². The summed E-state index contributed by atoms with van der Waals surface area (Å²) in [6.45, 7) is 6.90. The van der Waals surface area contributed by atoms with Gasteiger partial charge < -0.3 is 14.4 Å². The van der Waals surface area contributed by atoms with Gasteiger partial charge in [-0.3, -0.25) is 9.69 Å². The van der Waals surface area contributed by atoms with E-state index < -0.39 is 5.97 Å². The topological polar surface area (TPSA) is 71.8 Å². The van der Waals surface area contributed by atoms with Crippen LogP contribution in [0.5, 0.6) is 0 Å². The predicted octanol–water partition coefficient (Wildman–Crippen LogP) is 0.656. The van der Waals surface area contributed by atoms with Gasteiger partial charge in [0.1, 0.15) is 0 Å². The summed E-state index contributed by atoms with van der Waals surface area (Å²) in [6.07, 6.45) is 1.29. The number of hydrogen-bond acceptors (Lipinski definition) is 4. The predicted molar refractivity (Wildman–Crippen MR) is 74.1 cm³/mol. The third-order valence-electron chi connectivity index (χ3n) is 3.53. The van der Waals surface area contributed by atoms with Gasteiger partial charge in [0.2, 0.25) is 0 Å². The number of nitrogens with zero attached hydrogens (tertiary/aromatic N) is 2. The van der Waals surface area contributed by atoms with E-state index in [0.29, 0.717) is 19.2 Å². The fourth-order valence-corrected chi connectivity index (χ4v) is 2.34. The molecule has 1 aromatic heterocycles. The summed E-state index contributed by atoms with van der Waals surface area (Å²) in [6, 6.07) is 3.04. The van der Waals surface area contributed by atoms with E-state index >= 15 is 0 Å². The van der Waals surface area contributed by atoms with Crippen LogP contribution in [0.15, 0.2) is 23.1 Å². The van der Waals surface area contributed by atoms with Crippen molar-refractivity contribution in [2.75, 3.05) is 19.7 Å². The largest absolute Gasteiger partial charge is 0.478 e. The monoisotopic (exact) mass is 280 g/mol. The number of rotatable bonds is 4. The standard InChI is InChI=1S/C14H20N2O4/c1-10(2)15-5-6-20-12(8-15)9-16-7-11(14(18)19)3-4-13(16)17/h3-4,7,10,12H,5-6,8-9H2,1-2H3,(H,18,19). The summed E-state index contributed by atoms with van der Waals surface area (Å²) in [4.78, 5) is 25.0. The SMILES string of the molecule is CC(C)N1CCOC(Cn2cc(C(=O)O)ccc2=O)C1. The number of ether oxygens (including phenoxy) is 1. The van der Waals surface area contributed by atoms with E-state index in [-0.39, 0.29) is 17.2 Å². The highest BCUT2D eigenvalue weighted by atomic mass is 16.5. The molecule has 0 radical (unpaired) electrons. The van der Waals surface area contributed by atoms with E-state index in [1.807, 2.05) is 0 Å². The molecular formula is C14H20N2O4. The summed E-state index contributed by atoms with van der Waals surface area (Å²) in [7, 11) is 0. The minimum absolute atomic E-state index is 0.0899. The number of morpholine rings is 1. The van der Waals surface area contributed by atoms with Crippen LogP contribution in [-0.2, 0) is 11.3 Å². The second-order valence-electron chi connectivity index (χ2n) is 5.30. The zero-order chi connectivity index (χ0) is 14.7. The third-order valence-corrected chi connectivity index (χ3v) is 3.53. The number of carbonyl (C=O) groups is 1. The second-order valence-corrected chi connectivity index (χ2v) is 5.30. The molecule has 1 fully saturated rings. The van der Waals surface area contributed by atoms with Crippen LogP contribution in [0.3, 0.4) is 0 Å². The Labute approximate surface area is 117 Å². The van der Waals surface area contributed by atoms with Gasteiger partial charge in [0.25, 0.3) is 5.56 Å². The number of pyridine rings is 1. The minimum Gasteiger partial charge on any atom is -0.478 e. The van der Waals surface area contributed by atoms with Gasteiger partial charge in [-0.2, -0.15) is 0 Å². The lowest BCUT2D eigenvalue weighted by Gasteiger charge is -2.35. The van der Waals surface area contributed by atoms with Crippen molar-refractivity contribution in [2.45, 2.75) is 32.5 Å². The molecule has 1 atom stereocenters. The van der Waals surface area contributed by atoms with Crippen molar-refractivity contribution in [3.05, 3.63) is 34.2 Å². The van der Waals surface area contributed by atoms with Crippen molar-refractivity contribution in [1.82, 2.24) is 9.47 Å². The first kappa shape index (κ1) is 14.7. The van der Waals surface area contributed by atoms with E-state index in [0.717, 1.165) is 13.1 Å². The molecule has 1 N–H and O–H groups in total. The zero-order valence-electron chi connectivity index (χ0n) is 11.8. The Morgan fingerprint density at radius 1 is 1.50 bits per heavy atom. The first-order chi connectivity index (χ1) is 9.47. The fourth-order valence-electron chi connectivity index (χ4n) is 2.34. The Hall–Kier alpha value is -1.66. The highest BCUT2D eigenvalue weighted by molar-refractivity contribution is 5.87. The zero-order valence-corrected chi connectivity index (χ0v) is 11.8. The highest BCUT2D eigenvalue weighted by Crippen LogP contribution is 2.10. The summed E-state index contributed by atoms with van der Waals surface area (Å²) in [5.74, 6) is -1.04. The molecule has 1 aliphatic rings. The molecule has 110 valence electrons. The molecule has 1 aromatic rings. The van der Waals surface area contributed by atoms with E-state index in [1.165, 1.54) is 22.9 Å². The Bertz CT molecular complexity index is 538. The lowest BCUT2D eigenvalue weighted by atomic mass is 10.2. The number of hydrogen-bond donors (Lipinski definition) is 1. The minimum atomic E-state index is -1.04. The van der Waals surface area contributed by atoms with Gasteiger partial charge >= 0.3 is 5.97 Å². The first-order valence-corrected chi connectivity index (χ1v) is 6.77. The summed E-state index contributed by atoms with van der Waals surface area (Å²) < 4.78 is 7.08. The van der Waals surface area contributed by atoms with Crippen LogP contribution >= 0.6 is 0 Å². The maximum absolute atomic E-state index is 11.8. The number of aromatic carboxylic acids is 1. The van der Waals surface area contributed by atoms with Gasteiger partial charge in [-0.15, -0.1) is 0 Å². The fraction of sp³-hybridized carbons (Fsp3) is 0.571. The van der Waals surface area contributed by atoms with Crippen molar-refractivity contribution < 1.29 is 14.6 Å². The Morgan fingerprint density at radius 3 is 2.90 bits per heavy atom. The molecule has 0 spiro atoms. The molecule has 0 aliphatic carbocycles. The van der Waals surface area contributed by atoms with Crippen LogP contribution in [0.1, 0.15) is 24.2 Å². The number of carboxylic acid groups (broad SMARTS) is 1. The third kappa shape index (κ3) is 3.46. The van der Waals surface area contributed by atoms with E-state index in [2.05, 4.69) is 18.7 Å². The highest BCUT2D eigenvalue weighted by Gasteiger charge is 2.22. The van der Waals surface area contributed by atoms with Crippen LogP contribution < -0.4 is 5.56 Å². The molecular weight excluding hydrogens is 260 g/mol. The van der Waals surface area contributed by atoms with Gasteiger partial charge in [-0.1, -0.05) is 0 Å². The quantitative estimate of drug-likeness (QED) is 0.877. The van der Waals surface area contributed by atoms with Gasteiger partial charge in [0, 0.05) is 31.4 Å². The molecule has 20 heavy (non-hydrogen) atoms. The maximum Gasteiger partial charge on any atom is 0.337 e. The van der Waals surface area contributed by atoms with E-state index in [1.54, 1.807) is 0 Å². The maximum atomic E-state index is 11.8. The van der Waals surface area contributed by atoms with Gasteiger partial charge in [0.05, 0.1) is 24.8 Å². The molecule has 1 aliphatic heterocycles. The molecule has 2 heterocycles. The average Bonchev–Trinajstić information content (AvgIpc) is 2.41. The lowest BCUT2D eigenvalue weighted by Crippen LogP contribution is -2.47. The van der Waals surface area contributed by atoms with Gasteiger partial charge in [-0.25, -0.2) is 4.79 Å². The summed E-state index contributed by atoms with van der Waals surface area (Å²) >= 11 is 0. The van der Waals surface area contributed by atoms with Crippen molar-refractivity contribution in [2.24, 2.45) is 0 Å². The van der Waals surface area contributed by atoms with E-state index in [9.17, 15) is 9.59 Å². The molecule has 6 nitrogen and oxygen atoms in total. The Morgan fingerprint density at radius 2 is 2.25 bits per heavy atom. The average molecular weight is 280 g/mol.